The van der Waals surface area contributed by atoms with Gasteiger partial charge in [-0.15, -0.1) is 0 Å². The van der Waals surface area contributed by atoms with Gasteiger partial charge in [0.15, 0.2) is 9.84 Å². The van der Waals surface area contributed by atoms with E-state index < -0.39 is 9.84 Å². The van der Waals surface area contributed by atoms with E-state index in [4.69, 9.17) is 4.98 Å². The Hall–Kier alpha value is -1.45. The Kier molecular flexibility index (Phi) is 3.65. The molecule has 4 aliphatic heterocycles. The molecule has 2 bridgehead atoms. The van der Waals surface area contributed by atoms with E-state index in [9.17, 15) is 8.42 Å². The molecule has 4 saturated heterocycles. The number of rotatable bonds is 2. The summed E-state index contributed by atoms with van der Waals surface area (Å²) >= 11 is 0. The molecule has 1 aromatic heterocycles. The molecule has 0 saturated carbocycles. The van der Waals surface area contributed by atoms with Gasteiger partial charge >= 0.3 is 0 Å². The van der Waals surface area contributed by atoms with E-state index in [1.165, 1.54) is 12.8 Å². The minimum absolute atomic E-state index is 0.00697. The Balaban J connectivity index is 1.45. The Labute approximate surface area is 147 Å². The molecule has 8 nitrogen and oxygen atoms in total. The summed E-state index contributed by atoms with van der Waals surface area (Å²) in [6.45, 7) is 3.54. The van der Waals surface area contributed by atoms with Crippen LogP contribution in [0.1, 0.15) is 12.8 Å². The number of hydrogen-bond acceptors (Lipinski definition) is 8. The minimum Gasteiger partial charge on any atom is -0.350 e. The van der Waals surface area contributed by atoms with Gasteiger partial charge in [0.25, 0.3) is 0 Å². The summed E-state index contributed by atoms with van der Waals surface area (Å²) in [5.74, 6) is 2.09. The first-order valence-electron chi connectivity index (χ1n) is 9.13. The van der Waals surface area contributed by atoms with Gasteiger partial charge in [-0.1, -0.05) is 0 Å². The van der Waals surface area contributed by atoms with Gasteiger partial charge in [0.1, 0.15) is 5.82 Å². The SMILES string of the molecule is O=S1(=O)C[C@@H]2NCCN(c3ccnc(N4[C@@H]5CC[C@H]4CNC5)n3)[C@@H]2C1. The number of anilines is 2. The highest BCUT2D eigenvalue weighted by molar-refractivity contribution is 7.91. The van der Waals surface area contributed by atoms with Crippen molar-refractivity contribution < 1.29 is 8.42 Å². The first kappa shape index (κ1) is 15.8. The van der Waals surface area contributed by atoms with Crippen LogP contribution in [0.2, 0.25) is 0 Å². The van der Waals surface area contributed by atoms with Gasteiger partial charge in [0.05, 0.1) is 17.5 Å². The fourth-order valence-electron chi connectivity index (χ4n) is 4.88. The number of nitrogens with zero attached hydrogens (tertiary/aromatic N) is 4. The van der Waals surface area contributed by atoms with Gasteiger partial charge in [-0.2, -0.15) is 4.98 Å². The Morgan fingerprint density at radius 2 is 1.96 bits per heavy atom. The molecule has 0 amide bonds. The first-order chi connectivity index (χ1) is 12.1. The average Bonchev–Trinajstić information content (AvgIpc) is 3.05. The van der Waals surface area contributed by atoms with E-state index >= 15 is 0 Å². The van der Waals surface area contributed by atoms with Gasteiger partial charge in [0, 0.05) is 50.5 Å². The van der Waals surface area contributed by atoms with Crippen LogP contribution in [0.15, 0.2) is 12.3 Å². The largest absolute Gasteiger partial charge is 0.350 e. The summed E-state index contributed by atoms with van der Waals surface area (Å²) < 4.78 is 24.1. The van der Waals surface area contributed by atoms with Gasteiger partial charge in [-0.05, 0) is 18.9 Å². The van der Waals surface area contributed by atoms with Crippen LogP contribution < -0.4 is 20.4 Å². The third-order valence-corrected chi connectivity index (χ3v) is 7.73. The van der Waals surface area contributed by atoms with Crippen LogP contribution in [0.3, 0.4) is 0 Å². The van der Waals surface area contributed by atoms with E-state index in [1.54, 1.807) is 0 Å². The van der Waals surface area contributed by atoms with Crippen LogP contribution in [-0.2, 0) is 9.84 Å². The predicted molar refractivity (Wildman–Crippen MR) is 95.8 cm³/mol. The van der Waals surface area contributed by atoms with E-state index in [-0.39, 0.29) is 23.6 Å². The predicted octanol–water partition coefficient (Wildman–Crippen LogP) is -1.01. The molecular weight excluding hydrogens is 340 g/mol. The van der Waals surface area contributed by atoms with Gasteiger partial charge < -0.3 is 20.4 Å². The zero-order valence-electron chi connectivity index (χ0n) is 14.1. The quantitative estimate of drug-likeness (QED) is 0.690. The van der Waals surface area contributed by atoms with Crippen molar-refractivity contribution in [3.63, 3.8) is 0 Å². The minimum atomic E-state index is -2.97. The molecule has 5 rings (SSSR count). The summed E-state index contributed by atoms with van der Waals surface area (Å²) in [4.78, 5) is 13.9. The third-order valence-electron chi connectivity index (χ3n) is 6.02. The van der Waals surface area contributed by atoms with Crippen LogP contribution in [-0.4, -0.2) is 80.2 Å². The summed E-state index contributed by atoms with van der Waals surface area (Å²) in [5, 5.41) is 6.84. The number of piperazine rings is 2. The number of fused-ring (bicyclic) bond motifs is 3. The highest BCUT2D eigenvalue weighted by Crippen LogP contribution is 2.32. The zero-order valence-corrected chi connectivity index (χ0v) is 15.0. The lowest BCUT2D eigenvalue weighted by atomic mass is 10.1. The van der Waals surface area contributed by atoms with Crippen molar-refractivity contribution in [1.29, 1.82) is 0 Å². The van der Waals surface area contributed by atoms with Crippen molar-refractivity contribution >= 4 is 21.6 Å². The molecular formula is C16H24N6O2S. The summed E-state index contributed by atoms with van der Waals surface area (Å²) in [7, 11) is -2.97. The number of nitrogens with one attached hydrogen (secondary N) is 2. The summed E-state index contributed by atoms with van der Waals surface area (Å²) in [6.07, 6.45) is 4.18. The highest BCUT2D eigenvalue weighted by atomic mass is 32.2. The molecule has 0 unspecified atom stereocenters. The molecule has 2 N–H and O–H groups in total. The van der Waals surface area contributed by atoms with Gasteiger partial charge in [0.2, 0.25) is 5.95 Å². The molecule has 9 heteroatoms. The molecule has 5 heterocycles. The number of aromatic nitrogens is 2. The number of sulfone groups is 1. The molecule has 0 spiro atoms. The van der Waals surface area contributed by atoms with Crippen LogP contribution >= 0.6 is 0 Å². The third kappa shape index (κ3) is 2.69. The lowest BCUT2D eigenvalue weighted by molar-refractivity contribution is 0.422. The second kappa shape index (κ2) is 5.78. The second-order valence-electron chi connectivity index (χ2n) is 7.56. The summed E-state index contributed by atoms with van der Waals surface area (Å²) in [5.41, 5.74) is 0. The molecule has 4 atom stereocenters. The van der Waals surface area contributed by atoms with Crippen molar-refractivity contribution in [3.05, 3.63) is 12.3 Å². The first-order valence-corrected chi connectivity index (χ1v) is 11.0. The molecule has 25 heavy (non-hydrogen) atoms. The Morgan fingerprint density at radius 3 is 2.76 bits per heavy atom. The second-order valence-corrected chi connectivity index (χ2v) is 9.72. The monoisotopic (exact) mass is 364 g/mol. The Morgan fingerprint density at radius 1 is 1.16 bits per heavy atom. The molecule has 4 fully saturated rings. The van der Waals surface area contributed by atoms with Crippen molar-refractivity contribution in [2.75, 3.05) is 47.5 Å². The standard InChI is InChI=1S/C16H24N6O2S/c23-25(24)9-13-14(10-25)21(6-5-18-13)15-3-4-19-16(20-15)22-11-1-2-12(22)8-17-7-11/h3-4,11-14,17-18H,1-2,5-10H2/t11-,12+,13-,14+/m0/s1. The van der Waals surface area contributed by atoms with Gasteiger partial charge in [-0.3, -0.25) is 0 Å². The maximum absolute atomic E-state index is 12.1. The lowest BCUT2D eigenvalue weighted by Crippen LogP contribution is -2.58. The smallest absolute Gasteiger partial charge is 0.227 e. The molecule has 1 aromatic rings. The van der Waals surface area contributed by atoms with Crippen LogP contribution in [0, 0.1) is 0 Å². The fraction of sp³-hybridized carbons (Fsp3) is 0.750. The van der Waals surface area contributed by atoms with E-state index in [1.807, 2.05) is 12.3 Å². The fourth-order valence-corrected chi connectivity index (χ4v) is 6.84. The maximum Gasteiger partial charge on any atom is 0.227 e. The Bertz CT molecular complexity index is 756. The molecule has 0 radical (unpaired) electrons. The molecule has 4 aliphatic rings. The average molecular weight is 364 g/mol. The maximum atomic E-state index is 12.1. The van der Waals surface area contributed by atoms with Crippen molar-refractivity contribution in [3.8, 4) is 0 Å². The van der Waals surface area contributed by atoms with Crippen LogP contribution in [0.5, 0.6) is 0 Å². The summed E-state index contributed by atoms with van der Waals surface area (Å²) in [6, 6.07) is 2.84. The van der Waals surface area contributed by atoms with E-state index in [0.717, 1.165) is 37.9 Å². The molecule has 0 aromatic carbocycles. The normalized spacial score (nSPS) is 36.5. The van der Waals surface area contributed by atoms with E-state index in [0.29, 0.717) is 12.1 Å². The molecule has 136 valence electrons. The van der Waals surface area contributed by atoms with Crippen molar-refractivity contribution in [2.45, 2.75) is 37.0 Å². The topological polar surface area (TPSA) is 90.5 Å². The molecule has 0 aliphatic carbocycles. The van der Waals surface area contributed by atoms with Crippen molar-refractivity contribution in [1.82, 2.24) is 20.6 Å². The van der Waals surface area contributed by atoms with Gasteiger partial charge in [-0.25, -0.2) is 13.4 Å². The zero-order chi connectivity index (χ0) is 17.0. The highest BCUT2D eigenvalue weighted by Gasteiger charge is 2.44. The van der Waals surface area contributed by atoms with Crippen LogP contribution in [0.25, 0.3) is 0 Å². The van der Waals surface area contributed by atoms with Crippen LogP contribution in [0.4, 0.5) is 11.8 Å². The number of hydrogen-bond donors (Lipinski definition) is 2. The van der Waals surface area contributed by atoms with Crippen molar-refractivity contribution in [2.24, 2.45) is 0 Å². The lowest BCUT2D eigenvalue weighted by Gasteiger charge is -2.39. The van der Waals surface area contributed by atoms with E-state index in [2.05, 4.69) is 25.4 Å².